The summed E-state index contributed by atoms with van der Waals surface area (Å²) in [6.07, 6.45) is 3.56. The quantitative estimate of drug-likeness (QED) is 0.659. The van der Waals surface area contributed by atoms with E-state index in [9.17, 15) is 4.79 Å². The largest absolute Gasteiger partial charge is 0.293 e. The van der Waals surface area contributed by atoms with Crippen molar-refractivity contribution in [3.8, 4) is 0 Å². The van der Waals surface area contributed by atoms with Crippen molar-refractivity contribution in [1.82, 2.24) is 4.98 Å². The second kappa shape index (κ2) is 5.01. The second-order valence-corrected chi connectivity index (χ2v) is 6.23. The smallest absolute Gasteiger partial charge is 0.171 e. The lowest BCUT2D eigenvalue weighted by Gasteiger charge is -2.11. The predicted molar refractivity (Wildman–Crippen MR) is 86.0 cm³/mol. The van der Waals surface area contributed by atoms with Crippen LogP contribution in [0.1, 0.15) is 21.8 Å². The molecule has 0 amide bonds. The molecule has 0 saturated carbocycles. The molecule has 2 heterocycles. The van der Waals surface area contributed by atoms with E-state index in [1.54, 1.807) is 18.0 Å². The molecule has 1 aromatic heterocycles. The van der Waals surface area contributed by atoms with Crippen molar-refractivity contribution in [3.63, 3.8) is 0 Å². The Labute approximate surface area is 127 Å². The summed E-state index contributed by atoms with van der Waals surface area (Å²) in [5, 5.41) is 2.01. The van der Waals surface area contributed by atoms with Gasteiger partial charge in [-0.1, -0.05) is 36.4 Å². The average Bonchev–Trinajstić information content (AvgIpc) is 2.98. The molecule has 1 aliphatic heterocycles. The lowest BCUT2D eigenvalue weighted by atomic mass is 9.90. The number of Topliss-reactive ketones (excluding diaryl/α,β-unsaturated/α-hetero) is 1. The van der Waals surface area contributed by atoms with Crippen molar-refractivity contribution in [3.05, 3.63) is 72.1 Å². The van der Waals surface area contributed by atoms with E-state index in [0.717, 1.165) is 22.1 Å². The van der Waals surface area contributed by atoms with Gasteiger partial charge in [0.1, 0.15) is 0 Å². The standard InChI is InChI=1S/C18H13NOS/c20-18(16-11-21-17-7-2-1-5-14(16)17)15-6-3-4-12-10-19-9-8-13(12)15/h1-10,16H,11H2. The summed E-state index contributed by atoms with van der Waals surface area (Å²) < 4.78 is 0. The number of thioether (sulfide) groups is 1. The number of rotatable bonds is 2. The third-order valence-corrected chi connectivity index (χ3v) is 5.15. The molecule has 4 rings (SSSR count). The van der Waals surface area contributed by atoms with Gasteiger partial charge in [-0.3, -0.25) is 9.78 Å². The number of carbonyl (C=O) groups excluding carboxylic acids is 1. The summed E-state index contributed by atoms with van der Waals surface area (Å²) in [5.41, 5.74) is 1.97. The highest BCUT2D eigenvalue weighted by molar-refractivity contribution is 7.99. The van der Waals surface area contributed by atoms with Gasteiger partial charge in [-0.2, -0.15) is 0 Å². The zero-order valence-corrected chi connectivity index (χ0v) is 12.1. The Balaban J connectivity index is 1.82. The Hall–Kier alpha value is -2.13. The van der Waals surface area contributed by atoms with Crippen LogP contribution in [0.2, 0.25) is 0 Å². The van der Waals surface area contributed by atoms with Crippen molar-refractivity contribution in [2.75, 3.05) is 5.75 Å². The molecule has 0 N–H and O–H groups in total. The maximum absolute atomic E-state index is 13.0. The monoisotopic (exact) mass is 291 g/mol. The third-order valence-electron chi connectivity index (χ3n) is 3.96. The Morgan fingerprint density at radius 2 is 2.00 bits per heavy atom. The normalized spacial score (nSPS) is 16.9. The Bertz CT molecular complexity index is 838. The number of benzene rings is 2. The van der Waals surface area contributed by atoms with Gasteiger partial charge in [0.15, 0.2) is 5.78 Å². The van der Waals surface area contributed by atoms with Gasteiger partial charge in [-0.15, -0.1) is 11.8 Å². The summed E-state index contributed by atoms with van der Waals surface area (Å²) >= 11 is 1.77. The van der Waals surface area contributed by atoms with Crippen molar-refractivity contribution >= 4 is 28.3 Å². The van der Waals surface area contributed by atoms with Gasteiger partial charge in [-0.25, -0.2) is 0 Å². The molecule has 2 nitrogen and oxygen atoms in total. The van der Waals surface area contributed by atoms with Crippen molar-refractivity contribution < 1.29 is 4.79 Å². The van der Waals surface area contributed by atoms with E-state index in [0.29, 0.717) is 0 Å². The fourth-order valence-corrected chi connectivity index (χ4v) is 4.13. The highest BCUT2D eigenvalue weighted by Crippen LogP contribution is 2.41. The van der Waals surface area contributed by atoms with Crippen LogP contribution in [0.4, 0.5) is 0 Å². The lowest BCUT2D eigenvalue weighted by molar-refractivity contribution is 0.0970. The highest BCUT2D eigenvalue weighted by atomic mass is 32.2. The van der Waals surface area contributed by atoms with E-state index in [-0.39, 0.29) is 11.7 Å². The average molecular weight is 291 g/mol. The van der Waals surface area contributed by atoms with Gasteiger partial charge in [-0.05, 0) is 23.1 Å². The number of hydrogen-bond donors (Lipinski definition) is 0. The van der Waals surface area contributed by atoms with Crippen LogP contribution in [-0.2, 0) is 0 Å². The summed E-state index contributed by atoms with van der Waals surface area (Å²) in [4.78, 5) is 18.4. The van der Waals surface area contributed by atoms with E-state index in [2.05, 4.69) is 17.1 Å². The number of nitrogens with zero attached hydrogens (tertiary/aromatic N) is 1. The first-order valence-electron chi connectivity index (χ1n) is 6.93. The molecular weight excluding hydrogens is 278 g/mol. The van der Waals surface area contributed by atoms with Crippen LogP contribution >= 0.6 is 11.8 Å². The van der Waals surface area contributed by atoms with Crippen molar-refractivity contribution in [2.45, 2.75) is 10.8 Å². The zero-order valence-electron chi connectivity index (χ0n) is 11.3. The van der Waals surface area contributed by atoms with Gasteiger partial charge in [0.25, 0.3) is 0 Å². The summed E-state index contributed by atoms with van der Waals surface area (Å²) in [7, 11) is 0. The summed E-state index contributed by atoms with van der Waals surface area (Å²) in [6.45, 7) is 0. The Morgan fingerprint density at radius 3 is 2.95 bits per heavy atom. The summed E-state index contributed by atoms with van der Waals surface area (Å²) in [5.74, 6) is 1.01. The molecule has 2 aromatic carbocycles. The van der Waals surface area contributed by atoms with E-state index in [4.69, 9.17) is 0 Å². The van der Waals surface area contributed by atoms with Gasteiger partial charge >= 0.3 is 0 Å². The molecule has 0 saturated heterocycles. The van der Waals surface area contributed by atoms with Gasteiger partial charge < -0.3 is 0 Å². The van der Waals surface area contributed by atoms with Crippen LogP contribution in [0.15, 0.2) is 65.8 Å². The number of aromatic nitrogens is 1. The minimum absolute atomic E-state index is 0.0371. The molecule has 102 valence electrons. The summed E-state index contributed by atoms with van der Waals surface area (Å²) in [6, 6.07) is 16.0. The molecule has 0 spiro atoms. The van der Waals surface area contributed by atoms with Gasteiger partial charge in [0.2, 0.25) is 0 Å². The number of carbonyl (C=O) groups is 1. The van der Waals surface area contributed by atoms with Crippen molar-refractivity contribution in [2.24, 2.45) is 0 Å². The molecule has 1 atom stereocenters. The highest BCUT2D eigenvalue weighted by Gasteiger charge is 2.30. The molecule has 1 unspecified atom stereocenters. The maximum Gasteiger partial charge on any atom is 0.171 e. The molecule has 1 aliphatic rings. The first-order chi connectivity index (χ1) is 10.3. The fraction of sp³-hybridized carbons (Fsp3) is 0.111. The zero-order chi connectivity index (χ0) is 14.2. The topological polar surface area (TPSA) is 30.0 Å². The lowest BCUT2D eigenvalue weighted by Crippen LogP contribution is -2.12. The molecule has 0 fully saturated rings. The van der Waals surface area contributed by atoms with Crippen LogP contribution in [0, 0.1) is 0 Å². The predicted octanol–water partition coefficient (Wildman–Crippen LogP) is 4.31. The Morgan fingerprint density at radius 1 is 1.10 bits per heavy atom. The first-order valence-corrected chi connectivity index (χ1v) is 7.92. The van der Waals surface area contributed by atoms with Gasteiger partial charge in [0.05, 0.1) is 5.92 Å². The molecule has 3 aromatic rings. The molecule has 3 heteroatoms. The van der Waals surface area contributed by atoms with Gasteiger partial charge in [0, 0.05) is 34.0 Å². The van der Waals surface area contributed by atoms with Crippen LogP contribution in [-0.4, -0.2) is 16.5 Å². The number of hydrogen-bond acceptors (Lipinski definition) is 3. The van der Waals surface area contributed by atoms with Crippen LogP contribution in [0.3, 0.4) is 0 Å². The first kappa shape index (κ1) is 12.6. The number of pyridine rings is 1. The molecule has 0 bridgehead atoms. The minimum atomic E-state index is -0.0371. The van der Waals surface area contributed by atoms with E-state index < -0.39 is 0 Å². The van der Waals surface area contributed by atoms with Crippen LogP contribution < -0.4 is 0 Å². The van der Waals surface area contributed by atoms with Crippen LogP contribution in [0.25, 0.3) is 10.8 Å². The van der Waals surface area contributed by atoms with E-state index in [1.165, 1.54) is 10.5 Å². The van der Waals surface area contributed by atoms with Crippen LogP contribution in [0.5, 0.6) is 0 Å². The number of fused-ring (bicyclic) bond motifs is 2. The van der Waals surface area contributed by atoms with Crippen molar-refractivity contribution in [1.29, 1.82) is 0 Å². The molecule has 21 heavy (non-hydrogen) atoms. The SMILES string of the molecule is O=C(c1cccc2cnccc12)C1CSc2ccccc21. The maximum atomic E-state index is 13.0. The molecular formula is C18H13NOS. The Kier molecular flexibility index (Phi) is 3.00. The fourth-order valence-electron chi connectivity index (χ4n) is 2.90. The second-order valence-electron chi connectivity index (χ2n) is 5.17. The minimum Gasteiger partial charge on any atom is -0.293 e. The number of ketones is 1. The van der Waals surface area contributed by atoms with E-state index in [1.807, 2.05) is 42.6 Å². The third kappa shape index (κ3) is 2.05. The molecule has 0 radical (unpaired) electrons. The molecule has 0 aliphatic carbocycles. The van der Waals surface area contributed by atoms with E-state index >= 15 is 0 Å².